The van der Waals surface area contributed by atoms with E-state index in [0.29, 0.717) is 5.82 Å². The van der Waals surface area contributed by atoms with E-state index in [1.165, 1.54) is 0 Å². The highest BCUT2D eigenvalue weighted by Crippen LogP contribution is 2.26. The fraction of sp³-hybridized carbons (Fsp3) is 0.357. The molecule has 18 heavy (non-hydrogen) atoms. The third-order valence-corrected chi connectivity index (χ3v) is 2.87. The quantitative estimate of drug-likeness (QED) is 0.879. The van der Waals surface area contributed by atoms with E-state index < -0.39 is 0 Å². The highest BCUT2D eigenvalue weighted by atomic mass is 15.0. The molecule has 0 saturated heterocycles. The molecule has 2 aromatic heterocycles. The van der Waals surface area contributed by atoms with Crippen molar-refractivity contribution in [2.75, 3.05) is 5.73 Å². The van der Waals surface area contributed by atoms with Gasteiger partial charge in [-0.1, -0.05) is 13.8 Å². The number of aromatic nitrogens is 3. The zero-order valence-electron chi connectivity index (χ0n) is 11.2. The van der Waals surface area contributed by atoms with Gasteiger partial charge in [0, 0.05) is 29.4 Å². The molecule has 0 unspecified atom stereocenters. The maximum absolute atomic E-state index is 5.96. The Balaban J connectivity index is 2.63. The van der Waals surface area contributed by atoms with Gasteiger partial charge in [-0.15, -0.1) is 0 Å². The van der Waals surface area contributed by atoms with E-state index >= 15 is 0 Å². The summed E-state index contributed by atoms with van der Waals surface area (Å²) in [6, 6.07) is 2.06. The molecule has 4 nitrogen and oxygen atoms in total. The standard InChI is InChI=1S/C14H18N4/c1-8(2)14-17-12(10(4)13(15)18-14)11-5-9(3)6-16-7-11/h5-8H,1-4H3,(H2,15,17,18). The van der Waals surface area contributed by atoms with Gasteiger partial charge in [0.15, 0.2) is 0 Å². The molecule has 94 valence electrons. The minimum absolute atomic E-state index is 0.254. The van der Waals surface area contributed by atoms with Crippen LogP contribution in [0.2, 0.25) is 0 Å². The Morgan fingerprint density at radius 3 is 2.44 bits per heavy atom. The summed E-state index contributed by atoms with van der Waals surface area (Å²) in [6.07, 6.45) is 3.64. The fourth-order valence-corrected chi connectivity index (χ4v) is 1.78. The molecule has 2 N–H and O–H groups in total. The second kappa shape index (κ2) is 4.72. The lowest BCUT2D eigenvalue weighted by Crippen LogP contribution is -2.06. The highest BCUT2D eigenvalue weighted by Gasteiger charge is 2.13. The van der Waals surface area contributed by atoms with Crippen molar-refractivity contribution in [3.05, 3.63) is 35.4 Å². The Labute approximate surface area is 107 Å². The number of hydrogen-bond donors (Lipinski definition) is 1. The van der Waals surface area contributed by atoms with Crippen LogP contribution in [0.1, 0.15) is 36.7 Å². The van der Waals surface area contributed by atoms with E-state index in [1.807, 2.05) is 26.2 Å². The van der Waals surface area contributed by atoms with Crippen molar-refractivity contribution < 1.29 is 0 Å². The van der Waals surface area contributed by atoms with Crippen LogP contribution >= 0.6 is 0 Å². The van der Waals surface area contributed by atoms with Crippen molar-refractivity contribution in [2.45, 2.75) is 33.6 Å². The predicted molar refractivity (Wildman–Crippen MR) is 73.2 cm³/mol. The Bertz CT molecular complexity index is 576. The van der Waals surface area contributed by atoms with Crippen molar-refractivity contribution in [3.8, 4) is 11.3 Å². The average Bonchev–Trinajstić information content (AvgIpc) is 2.32. The summed E-state index contributed by atoms with van der Waals surface area (Å²) < 4.78 is 0. The first kappa shape index (κ1) is 12.5. The number of aryl methyl sites for hydroxylation is 1. The molecule has 4 heteroatoms. The number of anilines is 1. The maximum Gasteiger partial charge on any atom is 0.133 e. The molecule has 2 aromatic rings. The summed E-state index contributed by atoms with van der Waals surface area (Å²) in [5.41, 5.74) is 9.85. The van der Waals surface area contributed by atoms with Gasteiger partial charge in [-0.25, -0.2) is 9.97 Å². The number of pyridine rings is 1. The average molecular weight is 242 g/mol. The topological polar surface area (TPSA) is 64.7 Å². The van der Waals surface area contributed by atoms with E-state index in [0.717, 1.165) is 28.2 Å². The third kappa shape index (κ3) is 2.32. The lowest BCUT2D eigenvalue weighted by molar-refractivity contribution is 0.776. The zero-order chi connectivity index (χ0) is 13.3. The molecular formula is C14H18N4. The number of rotatable bonds is 2. The third-order valence-electron chi connectivity index (χ3n) is 2.87. The predicted octanol–water partition coefficient (Wildman–Crippen LogP) is 2.86. The van der Waals surface area contributed by atoms with Crippen LogP contribution in [0.25, 0.3) is 11.3 Å². The molecule has 2 rings (SSSR count). The minimum atomic E-state index is 0.254. The fourth-order valence-electron chi connectivity index (χ4n) is 1.78. The first-order valence-electron chi connectivity index (χ1n) is 6.05. The second-order valence-electron chi connectivity index (χ2n) is 4.85. The van der Waals surface area contributed by atoms with Crippen LogP contribution < -0.4 is 5.73 Å². The van der Waals surface area contributed by atoms with Crippen LogP contribution in [0.4, 0.5) is 5.82 Å². The van der Waals surface area contributed by atoms with Crippen LogP contribution in [0.3, 0.4) is 0 Å². The van der Waals surface area contributed by atoms with Crippen molar-refractivity contribution >= 4 is 5.82 Å². The van der Waals surface area contributed by atoms with E-state index in [4.69, 9.17) is 5.73 Å². The van der Waals surface area contributed by atoms with Crippen molar-refractivity contribution in [3.63, 3.8) is 0 Å². The molecule has 0 atom stereocenters. The van der Waals surface area contributed by atoms with Crippen LogP contribution in [-0.4, -0.2) is 15.0 Å². The normalized spacial score (nSPS) is 10.9. The van der Waals surface area contributed by atoms with Gasteiger partial charge in [0.25, 0.3) is 0 Å². The molecule has 2 heterocycles. The molecule has 0 radical (unpaired) electrons. The van der Waals surface area contributed by atoms with Gasteiger partial charge in [-0.05, 0) is 25.5 Å². The number of nitrogens with zero attached hydrogens (tertiary/aromatic N) is 3. The smallest absolute Gasteiger partial charge is 0.133 e. The summed E-state index contributed by atoms with van der Waals surface area (Å²) in [7, 11) is 0. The van der Waals surface area contributed by atoms with Gasteiger partial charge in [-0.3, -0.25) is 4.98 Å². The summed E-state index contributed by atoms with van der Waals surface area (Å²) >= 11 is 0. The molecule has 0 aliphatic carbocycles. The summed E-state index contributed by atoms with van der Waals surface area (Å²) in [5.74, 6) is 1.57. The van der Waals surface area contributed by atoms with Gasteiger partial charge < -0.3 is 5.73 Å². The zero-order valence-corrected chi connectivity index (χ0v) is 11.2. The van der Waals surface area contributed by atoms with Crippen molar-refractivity contribution in [1.82, 2.24) is 15.0 Å². The maximum atomic E-state index is 5.96. The van der Waals surface area contributed by atoms with Gasteiger partial charge in [0.1, 0.15) is 11.6 Å². The van der Waals surface area contributed by atoms with Crippen LogP contribution in [0, 0.1) is 13.8 Å². The molecule has 0 aliphatic rings. The monoisotopic (exact) mass is 242 g/mol. The molecule has 0 aliphatic heterocycles. The molecular weight excluding hydrogens is 224 g/mol. The lowest BCUT2D eigenvalue weighted by atomic mass is 10.1. The van der Waals surface area contributed by atoms with Crippen molar-refractivity contribution in [2.24, 2.45) is 0 Å². The molecule has 0 spiro atoms. The Morgan fingerprint density at radius 2 is 1.83 bits per heavy atom. The molecule has 0 bridgehead atoms. The van der Waals surface area contributed by atoms with E-state index in [-0.39, 0.29) is 5.92 Å². The molecule has 0 fully saturated rings. The lowest BCUT2D eigenvalue weighted by Gasteiger charge is -2.12. The Kier molecular flexibility index (Phi) is 3.28. The van der Waals surface area contributed by atoms with Crippen LogP contribution in [0.15, 0.2) is 18.5 Å². The molecule has 0 aromatic carbocycles. The largest absolute Gasteiger partial charge is 0.383 e. The summed E-state index contributed by atoms with van der Waals surface area (Å²) in [4.78, 5) is 13.1. The van der Waals surface area contributed by atoms with Crippen molar-refractivity contribution in [1.29, 1.82) is 0 Å². The van der Waals surface area contributed by atoms with E-state index in [1.54, 1.807) is 0 Å². The highest BCUT2D eigenvalue weighted by molar-refractivity contribution is 5.67. The van der Waals surface area contributed by atoms with Crippen LogP contribution in [0.5, 0.6) is 0 Å². The number of nitrogen functional groups attached to an aromatic ring is 1. The first-order valence-corrected chi connectivity index (χ1v) is 6.05. The Morgan fingerprint density at radius 1 is 1.11 bits per heavy atom. The summed E-state index contributed by atoms with van der Waals surface area (Å²) in [6.45, 7) is 8.07. The van der Waals surface area contributed by atoms with E-state index in [9.17, 15) is 0 Å². The van der Waals surface area contributed by atoms with Gasteiger partial charge in [0.2, 0.25) is 0 Å². The van der Waals surface area contributed by atoms with Crippen LogP contribution in [-0.2, 0) is 0 Å². The van der Waals surface area contributed by atoms with Gasteiger partial charge in [-0.2, -0.15) is 0 Å². The number of nitrogens with two attached hydrogens (primary N) is 1. The second-order valence-corrected chi connectivity index (χ2v) is 4.85. The molecule has 0 saturated carbocycles. The van der Waals surface area contributed by atoms with Gasteiger partial charge in [0.05, 0.1) is 5.69 Å². The number of hydrogen-bond acceptors (Lipinski definition) is 4. The molecule has 0 amide bonds. The Hall–Kier alpha value is -1.97. The minimum Gasteiger partial charge on any atom is -0.383 e. The summed E-state index contributed by atoms with van der Waals surface area (Å²) in [5, 5.41) is 0. The van der Waals surface area contributed by atoms with E-state index in [2.05, 4.69) is 34.9 Å². The first-order chi connectivity index (χ1) is 8.49. The SMILES string of the molecule is Cc1cncc(-c2nc(C(C)C)nc(N)c2C)c1. The van der Waals surface area contributed by atoms with Gasteiger partial charge >= 0.3 is 0 Å².